The average molecular weight is 485 g/mol. The van der Waals surface area contributed by atoms with Crippen LogP contribution in [0.5, 0.6) is 0 Å². The molecule has 3 heteroatoms. The topological polar surface area (TPSA) is 0 Å². The minimum absolute atomic E-state index is 0. The van der Waals surface area contributed by atoms with Crippen LogP contribution in [0.4, 0.5) is 0 Å². The van der Waals surface area contributed by atoms with Gasteiger partial charge < -0.3 is 24.8 Å². The van der Waals surface area contributed by atoms with E-state index in [0.717, 1.165) is 19.1 Å². The molecule has 4 unspecified atom stereocenters. The van der Waals surface area contributed by atoms with Crippen LogP contribution in [0.1, 0.15) is 66.2 Å². The molecule has 0 aromatic rings. The standard InChI is InChI=1S/2C11H15.C2H4.2ClH.Zr/c2*1-8-6-10-5-3-4-9(2)11(10)7-8;1-2;;;/h2*6-7,9H,3-5H2,1-2H3;1-2H2;2*1H;/q;;;;;+2/p-2. The fraction of sp³-hybridized carbons (Fsp3) is 0.667. The van der Waals surface area contributed by atoms with Gasteiger partial charge in [-0.15, -0.1) is 0 Å². The van der Waals surface area contributed by atoms with Crippen LogP contribution in [-0.4, -0.2) is 0 Å². The molecule has 5 rings (SSSR count). The molecule has 4 atom stereocenters. The van der Waals surface area contributed by atoms with Crippen molar-refractivity contribution in [3.8, 4) is 0 Å². The van der Waals surface area contributed by atoms with Crippen molar-refractivity contribution in [2.45, 2.75) is 81.7 Å². The summed E-state index contributed by atoms with van der Waals surface area (Å²) in [6, 6.07) is 0. The zero-order valence-electron chi connectivity index (χ0n) is 17.4. The van der Waals surface area contributed by atoms with Crippen molar-refractivity contribution in [2.75, 3.05) is 0 Å². The van der Waals surface area contributed by atoms with E-state index in [0.29, 0.717) is 0 Å². The third kappa shape index (κ3) is 3.27. The molecule has 0 N–H and O–H groups in total. The summed E-state index contributed by atoms with van der Waals surface area (Å²) < 4.78 is 5.28. The van der Waals surface area contributed by atoms with Crippen LogP contribution < -0.4 is 24.8 Å². The van der Waals surface area contributed by atoms with Gasteiger partial charge in [-0.05, 0) is 0 Å². The Kier molecular flexibility index (Phi) is 6.49. The molecule has 0 saturated carbocycles. The first-order valence-corrected chi connectivity index (χ1v) is 17.2. The van der Waals surface area contributed by atoms with Crippen molar-refractivity contribution in [1.29, 1.82) is 0 Å². The van der Waals surface area contributed by atoms with Crippen LogP contribution in [-0.2, 0) is 20.3 Å². The van der Waals surface area contributed by atoms with Gasteiger partial charge in [-0.2, -0.15) is 0 Å². The van der Waals surface area contributed by atoms with E-state index in [-0.39, 0.29) is 24.8 Å². The molecule has 0 aromatic heterocycles. The van der Waals surface area contributed by atoms with Crippen molar-refractivity contribution in [3.63, 3.8) is 0 Å². The van der Waals surface area contributed by atoms with Crippen molar-refractivity contribution in [3.05, 3.63) is 45.6 Å². The monoisotopic (exact) mass is 482 g/mol. The van der Waals surface area contributed by atoms with Crippen LogP contribution in [0.2, 0.25) is 15.5 Å². The van der Waals surface area contributed by atoms with E-state index in [1.165, 1.54) is 38.5 Å². The third-order valence-electron chi connectivity index (χ3n) is 8.32. The Hall–Kier alpha value is 0.423. The smallest absolute Gasteiger partial charge is 1.00 e. The Bertz CT molecular complexity index is 690. The number of rotatable bonds is 2. The first-order valence-electron chi connectivity index (χ1n) is 10.8. The Labute approximate surface area is 183 Å². The molecule has 148 valence electrons. The first kappa shape index (κ1) is 22.1. The first-order chi connectivity index (χ1) is 12.0. The molecule has 1 saturated heterocycles. The third-order valence-corrected chi connectivity index (χ3v) is 22.0. The van der Waals surface area contributed by atoms with Crippen LogP contribution in [0.15, 0.2) is 45.6 Å². The van der Waals surface area contributed by atoms with Crippen LogP contribution >= 0.6 is 0 Å². The average Bonchev–Trinajstić information content (AvgIpc) is 3.15. The van der Waals surface area contributed by atoms with Gasteiger partial charge in [0, 0.05) is 0 Å². The Balaban J connectivity index is 0.00000105. The second-order valence-electron chi connectivity index (χ2n) is 9.92. The van der Waals surface area contributed by atoms with Gasteiger partial charge in [0.05, 0.1) is 0 Å². The molecule has 4 aliphatic carbocycles. The molecule has 0 bridgehead atoms. The van der Waals surface area contributed by atoms with Crippen molar-refractivity contribution in [2.24, 2.45) is 11.8 Å². The molecule has 0 nitrogen and oxygen atoms in total. The number of halogens is 2. The second-order valence-corrected chi connectivity index (χ2v) is 21.3. The van der Waals surface area contributed by atoms with Gasteiger partial charge in [0.25, 0.3) is 0 Å². The zero-order chi connectivity index (χ0) is 17.3. The molecule has 1 aliphatic heterocycles. The maximum absolute atomic E-state index is 2.66. The summed E-state index contributed by atoms with van der Waals surface area (Å²) in [5, 5.41) is 0. The van der Waals surface area contributed by atoms with Gasteiger partial charge in [-0.1, -0.05) is 0 Å². The fourth-order valence-corrected chi connectivity index (χ4v) is 25.6. The largest absolute Gasteiger partial charge is 1.00 e. The molecule has 0 spiro atoms. The summed E-state index contributed by atoms with van der Waals surface area (Å²) in [6.07, 6.45) is 13.9. The van der Waals surface area contributed by atoms with E-state index in [1.807, 2.05) is 11.1 Å². The van der Waals surface area contributed by atoms with Gasteiger partial charge >= 0.3 is 159 Å². The fourth-order valence-electron chi connectivity index (χ4n) is 7.22. The summed E-state index contributed by atoms with van der Waals surface area (Å²) in [7, 11) is 0. The maximum Gasteiger partial charge on any atom is -1.00 e. The van der Waals surface area contributed by atoms with E-state index in [2.05, 4.69) is 39.8 Å². The van der Waals surface area contributed by atoms with Crippen LogP contribution in [0.3, 0.4) is 0 Å². The number of allylic oxidation sites excluding steroid dienone is 8. The van der Waals surface area contributed by atoms with Crippen molar-refractivity contribution < 1.29 is 45.1 Å². The molecule has 1 heterocycles. The Morgan fingerprint density at radius 2 is 1.15 bits per heavy atom. The van der Waals surface area contributed by atoms with Gasteiger partial charge in [-0.3, -0.25) is 0 Å². The van der Waals surface area contributed by atoms with Gasteiger partial charge in [-0.25, -0.2) is 0 Å². The predicted octanol–water partition coefficient (Wildman–Crippen LogP) is 1.73. The second kappa shape index (κ2) is 7.92. The quantitative estimate of drug-likeness (QED) is 0.560. The Morgan fingerprint density at radius 1 is 0.741 bits per heavy atom. The van der Waals surface area contributed by atoms with E-state index < -0.39 is 20.3 Å². The summed E-state index contributed by atoms with van der Waals surface area (Å²) in [5.41, 5.74) is 11.1. The Morgan fingerprint density at radius 3 is 1.52 bits per heavy atom. The van der Waals surface area contributed by atoms with E-state index in [1.54, 1.807) is 30.5 Å². The molecular formula is C24H34Cl2Zr. The molecule has 0 amide bonds. The minimum Gasteiger partial charge on any atom is -1.00 e. The summed E-state index contributed by atoms with van der Waals surface area (Å²) in [6.45, 7) is 9.97. The molecule has 5 aliphatic rings. The maximum atomic E-state index is 2.66. The summed E-state index contributed by atoms with van der Waals surface area (Å²) >= 11 is -2.16. The van der Waals surface area contributed by atoms with Gasteiger partial charge in [0.15, 0.2) is 0 Å². The summed E-state index contributed by atoms with van der Waals surface area (Å²) in [5.74, 6) is 1.66. The predicted molar refractivity (Wildman–Crippen MR) is 105 cm³/mol. The minimum atomic E-state index is -2.16. The van der Waals surface area contributed by atoms with Crippen LogP contribution in [0, 0.1) is 11.8 Å². The van der Waals surface area contributed by atoms with E-state index in [9.17, 15) is 0 Å². The van der Waals surface area contributed by atoms with Crippen LogP contribution in [0.25, 0.3) is 0 Å². The van der Waals surface area contributed by atoms with Crippen molar-refractivity contribution in [1.82, 2.24) is 0 Å². The normalized spacial score (nSPS) is 35.1. The molecule has 27 heavy (non-hydrogen) atoms. The zero-order valence-corrected chi connectivity index (χ0v) is 21.3. The van der Waals surface area contributed by atoms with Gasteiger partial charge in [0.2, 0.25) is 0 Å². The van der Waals surface area contributed by atoms with E-state index >= 15 is 0 Å². The molecule has 1 fully saturated rings. The van der Waals surface area contributed by atoms with E-state index in [4.69, 9.17) is 0 Å². The molecule has 0 aromatic carbocycles. The molecule has 0 radical (unpaired) electrons. The van der Waals surface area contributed by atoms with Gasteiger partial charge in [0.1, 0.15) is 0 Å². The number of hydrogen-bond acceptors (Lipinski definition) is 0. The SMILES string of the molecule is CC1=CC2=C(CCCC2C)[CH]1[Zr+2]1([CH]2C(C)=CC3=C2CCCC3C)[CH2][CH2]1.[Cl-].[Cl-]. The molecular weight excluding hydrogens is 450 g/mol. The van der Waals surface area contributed by atoms with Crippen molar-refractivity contribution >= 4 is 0 Å². The summed E-state index contributed by atoms with van der Waals surface area (Å²) in [4.78, 5) is 0. The number of hydrogen-bond donors (Lipinski definition) is 0.